The van der Waals surface area contributed by atoms with Crippen molar-refractivity contribution >= 4 is 5.84 Å². The number of nitrogens with zero attached hydrogens (tertiary/aromatic N) is 1. The summed E-state index contributed by atoms with van der Waals surface area (Å²) in [7, 11) is 0. The van der Waals surface area contributed by atoms with E-state index in [1.165, 1.54) is 6.07 Å². The molecule has 0 radical (unpaired) electrons. The molecule has 1 rings (SSSR count). The number of rotatable bonds is 3. The van der Waals surface area contributed by atoms with Crippen molar-refractivity contribution in [2.24, 2.45) is 10.7 Å². The van der Waals surface area contributed by atoms with Crippen molar-refractivity contribution in [3.05, 3.63) is 35.6 Å². The topological polar surface area (TPSA) is 38.4 Å². The van der Waals surface area contributed by atoms with Gasteiger partial charge >= 0.3 is 0 Å². The van der Waals surface area contributed by atoms with Crippen LogP contribution in [0.3, 0.4) is 0 Å². The van der Waals surface area contributed by atoms with Crippen LogP contribution >= 0.6 is 0 Å². The molecule has 0 aromatic heterocycles. The summed E-state index contributed by atoms with van der Waals surface area (Å²) >= 11 is 0. The molecule has 0 atom stereocenters. The number of hydrogen-bond acceptors (Lipinski definition) is 1. The molecule has 0 unspecified atom stereocenters. The maximum absolute atomic E-state index is 13.1. The largest absolute Gasteiger partial charge is 0.387 e. The summed E-state index contributed by atoms with van der Waals surface area (Å²) < 4.78 is 13.1. The van der Waals surface area contributed by atoms with Crippen LogP contribution in [0, 0.1) is 5.82 Å². The number of nitrogens with two attached hydrogens (primary N) is 1. The maximum Gasteiger partial charge on any atom is 0.126 e. The molecule has 2 N–H and O–H groups in total. The van der Waals surface area contributed by atoms with Gasteiger partial charge < -0.3 is 5.73 Å². The number of aliphatic imine (C=N–C) groups is 1. The Bertz CT molecular complexity index is 308. The molecule has 0 saturated carbocycles. The van der Waals surface area contributed by atoms with Gasteiger partial charge in [0.2, 0.25) is 0 Å². The molecule has 0 fully saturated rings. The van der Waals surface area contributed by atoms with E-state index in [2.05, 4.69) is 4.99 Å². The SMILES string of the molecule is CCN=C(N)Cc1ccccc1F. The Hall–Kier alpha value is -1.38. The first-order chi connectivity index (χ1) is 6.24. The van der Waals surface area contributed by atoms with Crippen LogP contribution < -0.4 is 5.73 Å². The number of hydrogen-bond donors (Lipinski definition) is 1. The van der Waals surface area contributed by atoms with Gasteiger partial charge in [-0.05, 0) is 18.6 Å². The minimum atomic E-state index is -0.225. The summed E-state index contributed by atoms with van der Waals surface area (Å²) in [6, 6.07) is 6.59. The van der Waals surface area contributed by atoms with Gasteiger partial charge in [0.25, 0.3) is 0 Å². The van der Waals surface area contributed by atoms with Gasteiger partial charge in [-0.1, -0.05) is 18.2 Å². The standard InChI is InChI=1S/C10H13FN2/c1-2-13-10(12)7-8-5-3-4-6-9(8)11/h3-6H,2,7H2,1H3,(H2,12,13). The zero-order chi connectivity index (χ0) is 9.68. The average molecular weight is 180 g/mol. The van der Waals surface area contributed by atoms with Crippen molar-refractivity contribution in [2.75, 3.05) is 6.54 Å². The fourth-order valence-corrected chi connectivity index (χ4v) is 1.10. The Balaban J connectivity index is 2.74. The quantitative estimate of drug-likeness (QED) is 0.558. The van der Waals surface area contributed by atoms with Gasteiger partial charge in [0.15, 0.2) is 0 Å². The lowest BCUT2D eigenvalue weighted by Crippen LogP contribution is -2.16. The maximum atomic E-state index is 13.1. The summed E-state index contributed by atoms with van der Waals surface area (Å²) in [6.45, 7) is 2.54. The van der Waals surface area contributed by atoms with Gasteiger partial charge in [0.05, 0.1) is 5.84 Å². The first-order valence-corrected chi connectivity index (χ1v) is 4.26. The summed E-state index contributed by atoms with van der Waals surface area (Å²) in [6.07, 6.45) is 0.389. The molecule has 70 valence electrons. The lowest BCUT2D eigenvalue weighted by Gasteiger charge is -2.01. The fraction of sp³-hybridized carbons (Fsp3) is 0.300. The monoisotopic (exact) mass is 180 g/mol. The smallest absolute Gasteiger partial charge is 0.126 e. The van der Waals surface area contributed by atoms with Crippen LogP contribution in [-0.2, 0) is 6.42 Å². The van der Waals surface area contributed by atoms with Gasteiger partial charge in [0.1, 0.15) is 5.82 Å². The number of amidine groups is 1. The highest BCUT2D eigenvalue weighted by molar-refractivity contribution is 5.82. The van der Waals surface area contributed by atoms with Crippen LogP contribution in [0.5, 0.6) is 0 Å². The van der Waals surface area contributed by atoms with Crippen LogP contribution in [0.2, 0.25) is 0 Å². The van der Waals surface area contributed by atoms with E-state index in [4.69, 9.17) is 5.73 Å². The van der Waals surface area contributed by atoms with Crippen molar-refractivity contribution in [2.45, 2.75) is 13.3 Å². The third-order valence-electron chi connectivity index (χ3n) is 1.69. The molecule has 1 aromatic rings. The van der Waals surface area contributed by atoms with Crippen LogP contribution in [0.15, 0.2) is 29.3 Å². The summed E-state index contributed by atoms with van der Waals surface area (Å²) in [5.41, 5.74) is 6.16. The van der Waals surface area contributed by atoms with Crippen molar-refractivity contribution in [3.63, 3.8) is 0 Å². The molecule has 0 saturated heterocycles. The fourth-order valence-electron chi connectivity index (χ4n) is 1.10. The Morgan fingerprint density at radius 3 is 2.77 bits per heavy atom. The molecule has 1 aromatic carbocycles. The Kier molecular flexibility index (Phi) is 3.43. The van der Waals surface area contributed by atoms with Crippen LogP contribution in [0.4, 0.5) is 4.39 Å². The number of benzene rings is 1. The normalized spacial score (nSPS) is 11.7. The Morgan fingerprint density at radius 1 is 1.46 bits per heavy atom. The van der Waals surface area contributed by atoms with E-state index in [1.807, 2.05) is 6.92 Å². The van der Waals surface area contributed by atoms with Gasteiger partial charge in [0, 0.05) is 13.0 Å². The summed E-state index contributed by atoms with van der Waals surface area (Å²) in [5.74, 6) is 0.254. The highest BCUT2D eigenvalue weighted by Gasteiger charge is 2.01. The van der Waals surface area contributed by atoms with Crippen molar-refractivity contribution in [1.82, 2.24) is 0 Å². The Morgan fingerprint density at radius 2 is 2.15 bits per heavy atom. The van der Waals surface area contributed by atoms with Crippen molar-refractivity contribution in [3.8, 4) is 0 Å². The molecular formula is C10H13FN2. The second-order valence-corrected chi connectivity index (χ2v) is 2.73. The highest BCUT2D eigenvalue weighted by Crippen LogP contribution is 2.06. The molecular weight excluding hydrogens is 167 g/mol. The van der Waals surface area contributed by atoms with E-state index in [-0.39, 0.29) is 5.82 Å². The molecule has 13 heavy (non-hydrogen) atoms. The van der Waals surface area contributed by atoms with Gasteiger partial charge in [-0.2, -0.15) is 0 Å². The van der Waals surface area contributed by atoms with Gasteiger partial charge in [-0.15, -0.1) is 0 Å². The summed E-state index contributed by atoms with van der Waals surface area (Å²) in [5, 5.41) is 0. The van der Waals surface area contributed by atoms with Crippen LogP contribution in [0.1, 0.15) is 12.5 Å². The van der Waals surface area contributed by atoms with E-state index in [0.717, 1.165) is 0 Å². The van der Waals surface area contributed by atoms with E-state index in [0.29, 0.717) is 24.4 Å². The lowest BCUT2D eigenvalue weighted by atomic mass is 10.1. The zero-order valence-corrected chi connectivity index (χ0v) is 7.63. The van der Waals surface area contributed by atoms with Crippen molar-refractivity contribution in [1.29, 1.82) is 0 Å². The lowest BCUT2D eigenvalue weighted by molar-refractivity contribution is 0.616. The molecule has 0 spiro atoms. The molecule has 2 nitrogen and oxygen atoms in total. The molecule has 0 aliphatic heterocycles. The molecule has 0 amide bonds. The molecule has 0 heterocycles. The van der Waals surface area contributed by atoms with Crippen LogP contribution in [-0.4, -0.2) is 12.4 Å². The number of halogens is 1. The highest BCUT2D eigenvalue weighted by atomic mass is 19.1. The first kappa shape index (κ1) is 9.71. The first-order valence-electron chi connectivity index (χ1n) is 4.26. The molecule has 0 aliphatic carbocycles. The van der Waals surface area contributed by atoms with E-state index < -0.39 is 0 Å². The minimum Gasteiger partial charge on any atom is -0.387 e. The third kappa shape index (κ3) is 2.86. The van der Waals surface area contributed by atoms with Crippen LogP contribution in [0.25, 0.3) is 0 Å². The molecule has 0 bridgehead atoms. The predicted molar refractivity (Wildman–Crippen MR) is 52.3 cm³/mol. The predicted octanol–water partition coefficient (Wildman–Crippen LogP) is 1.75. The second-order valence-electron chi connectivity index (χ2n) is 2.73. The van der Waals surface area contributed by atoms with E-state index >= 15 is 0 Å². The van der Waals surface area contributed by atoms with Gasteiger partial charge in [-0.3, -0.25) is 4.99 Å². The van der Waals surface area contributed by atoms with Gasteiger partial charge in [-0.25, -0.2) is 4.39 Å². The minimum absolute atomic E-state index is 0.225. The summed E-state index contributed by atoms with van der Waals surface area (Å²) in [4.78, 5) is 3.99. The average Bonchev–Trinajstić information content (AvgIpc) is 2.09. The van der Waals surface area contributed by atoms with E-state index in [9.17, 15) is 4.39 Å². The molecule has 0 aliphatic rings. The second kappa shape index (κ2) is 4.60. The molecule has 3 heteroatoms. The Labute approximate surface area is 77.3 Å². The third-order valence-corrected chi connectivity index (χ3v) is 1.69. The van der Waals surface area contributed by atoms with Crippen molar-refractivity contribution < 1.29 is 4.39 Å². The zero-order valence-electron chi connectivity index (χ0n) is 7.63. The van der Waals surface area contributed by atoms with E-state index in [1.54, 1.807) is 18.2 Å².